The molecule has 4 nitrogen and oxygen atoms in total. The molecule has 0 saturated heterocycles. The molecule has 0 spiro atoms. The maximum atomic E-state index is 8.96. The zero-order valence-corrected chi connectivity index (χ0v) is 10.0. The SMILES string of the molecule is CCCOCCOc1ccc(Cl)c(CO)n1. The van der Waals surface area contributed by atoms with Gasteiger partial charge in [-0.1, -0.05) is 18.5 Å². The fraction of sp³-hybridized carbons (Fsp3) is 0.545. The summed E-state index contributed by atoms with van der Waals surface area (Å²) >= 11 is 5.80. The van der Waals surface area contributed by atoms with Crippen LogP contribution in [-0.4, -0.2) is 29.9 Å². The highest BCUT2D eigenvalue weighted by atomic mass is 35.5. The Hall–Kier alpha value is -0.840. The minimum atomic E-state index is -0.192. The van der Waals surface area contributed by atoms with Gasteiger partial charge in [0.15, 0.2) is 0 Å². The fourth-order valence-corrected chi connectivity index (χ4v) is 1.27. The monoisotopic (exact) mass is 245 g/mol. The molecule has 0 saturated carbocycles. The highest BCUT2D eigenvalue weighted by molar-refractivity contribution is 6.31. The summed E-state index contributed by atoms with van der Waals surface area (Å²) < 4.78 is 10.6. The third-order valence-electron chi connectivity index (χ3n) is 1.87. The van der Waals surface area contributed by atoms with Crippen LogP contribution >= 0.6 is 11.6 Å². The zero-order chi connectivity index (χ0) is 11.8. The van der Waals surface area contributed by atoms with Crippen LogP contribution in [0.2, 0.25) is 5.02 Å². The Morgan fingerprint density at radius 1 is 1.31 bits per heavy atom. The van der Waals surface area contributed by atoms with Crippen molar-refractivity contribution < 1.29 is 14.6 Å². The molecule has 1 heterocycles. The average molecular weight is 246 g/mol. The molecular formula is C11H16ClNO3. The number of aliphatic hydroxyl groups is 1. The van der Waals surface area contributed by atoms with E-state index in [9.17, 15) is 0 Å². The number of pyridine rings is 1. The van der Waals surface area contributed by atoms with Gasteiger partial charge in [0.2, 0.25) is 5.88 Å². The first-order valence-corrected chi connectivity index (χ1v) is 5.62. The van der Waals surface area contributed by atoms with Gasteiger partial charge in [0.25, 0.3) is 0 Å². The number of ether oxygens (including phenoxy) is 2. The molecule has 16 heavy (non-hydrogen) atoms. The molecule has 0 aliphatic rings. The fourth-order valence-electron chi connectivity index (χ4n) is 1.11. The van der Waals surface area contributed by atoms with E-state index in [-0.39, 0.29) is 6.61 Å². The first kappa shape index (κ1) is 13.2. The van der Waals surface area contributed by atoms with Crippen molar-refractivity contribution in [2.75, 3.05) is 19.8 Å². The number of halogens is 1. The van der Waals surface area contributed by atoms with Gasteiger partial charge in [0.1, 0.15) is 6.61 Å². The number of hydrogen-bond acceptors (Lipinski definition) is 4. The minimum Gasteiger partial charge on any atom is -0.475 e. The van der Waals surface area contributed by atoms with Crippen LogP contribution in [-0.2, 0) is 11.3 Å². The lowest BCUT2D eigenvalue weighted by Crippen LogP contribution is -2.08. The van der Waals surface area contributed by atoms with Crippen LogP contribution < -0.4 is 4.74 Å². The van der Waals surface area contributed by atoms with Crippen LogP contribution in [0.4, 0.5) is 0 Å². The molecule has 0 aromatic carbocycles. The summed E-state index contributed by atoms with van der Waals surface area (Å²) in [6.07, 6.45) is 0.994. The summed E-state index contributed by atoms with van der Waals surface area (Å²) in [5, 5.41) is 9.40. The van der Waals surface area contributed by atoms with Gasteiger partial charge in [0.05, 0.1) is 23.9 Å². The van der Waals surface area contributed by atoms with Gasteiger partial charge in [-0.15, -0.1) is 0 Å². The topological polar surface area (TPSA) is 51.6 Å². The zero-order valence-electron chi connectivity index (χ0n) is 9.28. The van der Waals surface area contributed by atoms with E-state index in [2.05, 4.69) is 11.9 Å². The number of rotatable bonds is 7. The van der Waals surface area contributed by atoms with Crippen molar-refractivity contribution >= 4 is 11.6 Å². The highest BCUT2D eigenvalue weighted by Crippen LogP contribution is 2.17. The van der Waals surface area contributed by atoms with Crippen molar-refractivity contribution in [2.45, 2.75) is 20.0 Å². The Balaban J connectivity index is 2.36. The van der Waals surface area contributed by atoms with Crippen LogP contribution in [0, 0.1) is 0 Å². The third-order valence-corrected chi connectivity index (χ3v) is 2.21. The normalized spacial score (nSPS) is 10.4. The van der Waals surface area contributed by atoms with E-state index in [1.807, 2.05) is 0 Å². The van der Waals surface area contributed by atoms with Gasteiger partial charge in [-0.25, -0.2) is 4.98 Å². The van der Waals surface area contributed by atoms with Crippen LogP contribution in [0.5, 0.6) is 5.88 Å². The molecule has 1 rings (SSSR count). The largest absolute Gasteiger partial charge is 0.475 e. The van der Waals surface area contributed by atoms with Gasteiger partial charge in [-0.3, -0.25) is 0 Å². The lowest BCUT2D eigenvalue weighted by molar-refractivity contribution is 0.0988. The highest BCUT2D eigenvalue weighted by Gasteiger charge is 2.03. The Kier molecular flexibility index (Phi) is 6.15. The Labute approximate surface area is 100 Å². The number of aliphatic hydroxyl groups excluding tert-OH is 1. The molecule has 5 heteroatoms. The second-order valence-corrected chi connectivity index (χ2v) is 3.60. The summed E-state index contributed by atoms with van der Waals surface area (Å²) in [4.78, 5) is 4.05. The molecule has 0 bridgehead atoms. The second kappa shape index (κ2) is 7.44. The molecule has 0 fully saturated rings. The minimum absolute atomic E-state index is 0.192. The van der Waals surface area contributed by atoms with Crippen molar-refractivity contribution in [3.05, 3.63) is 22.8 Å². The van der Waals surface area contributed by atoms with Crippen molar-refractivity contribution in [3.8, 4) is 5.88 Å². The standard InChI is InChI=1S/C11H16ClNO3/c1-2-5-15-6-7-16-11-4-3-9(12)10(8-14)13-11/h3-4,14H,2,5-8H2,1H3. The molecule has 90 valence electrons. The molecule has 0 radical (unpaired) electrons. The Morgan fingerprint density at radius 3 is 2.81 bits per heavy atom. The predicted molar refractivity (Wildman–Crippen MR) is 61.8 cm³/mol. The van der Waals surface area contributed by atoms with E-state index in [4.69, 9.17) is 26.2 Å². The first-order chi connectivity index (χ1) is 7.77. The van der Waals surface area contributed by atoms with Crippen molar-refractivity contribution in [2.24, 2.45) is 0 Å². The lowest BCUT2D eigenvalue weighted by atomic mass is 10.3. The molecule has 1 aromatic rings. The summed E-state index contributed by atoms with van der Waals surface area (Å²) in [6.45, 7) is 3.57. The Bertz CT molecular complexity index is 320. The van der Waals surface area contributed by atoms with E-state index in [0.29, 0.717) is 29.8 Å². The van der Waals surface area contributed by atoms with Crippen molar-refractivity contribution in [3.63, 3.8) is 0 Å². The summed E-state index contributed by atoms with van der Waals surface area (Å²) in [7, 11) is 0. The van der Waals surface area contributed by atoms with E-state index < -0.39 is 0 Å². The molecule has 0 aliphatic carbocycles. The van der Waals surface area contributed by atoms with Gasteiger partial charge < -0.3 is 14.6 Å². The summed E-state index contributed by atoms with van der Waals surface area (Å²) in [6, 6.07) is 3.32. The molecule has 1 N–H and O–H groups in total. The maximum absolute atomic E-state index is 8.96. The maximum Gasteiger partial charge on any atom is 0.213 e. The molecular weight excluding hydrogens is 230 g/mol. The molecule has 1 aromatic heterocycles. The number of aromatic nitrogens is 1. The summed E-state index contributed by atoms with van der Waals surface area (Å²) in [5.41, 5.74) is 0.425. The Morgan fingerprint density at radius 2 is 2.12 bits per heavy atom. The molecule has 0 amide bonds. The van der Waals surface area contributed by atoms with Gasteiger partial charge in [0, 0.05) is 12.7 Å². The van der Waals surface area contributed by atoms with Crippen LogP contribution in [0.15, 0.2) is 12.1 Å². The van der Waals surface area contributed by atoms with E-state index in [1.54, 1.807) is 12.1 Å². The predicted octanol–water partition coefficient (Wildman–Crippen LogP) is 2.03. The second-order valence-electron chi connectivity index (χ2n) is 3.20. The first-order valence-electron chi connectivity index (χ1n) is 5.24. The average Bonchev–Trinajstić information content (AvgIpc) is 2.31. The molecule has 0 aliphatic heterocycles. The van der Waals surface area contributed by atoms with E-state index >= 15 is 0 Å². The lowest BCUT2D eigenvalue weighted by Gasteiger charge is -2.07. The van der Waals surface area contributed by atoms with Gasteiger partial charge >= 0.3 is 0 Å². The van der Waals surface area contributed by atoms with Crippen LogP contribution in [0.3, 0.4) is 0 Å². The van der Waals surface area contributed by atoms with Crippen molar-refractivity contribution in [1.29, 1.82) is 0 Å². The quantitative estimate of drug-likeness (QED) is 0.747. The number of nitrogens with zero attached hydrogens (tertiary/aromatic N) is 1. The molecule has 0 atom stereocenters. The van der Waals surface area contributed by atoms with Gasteiger partial charge in [-0.05, 0) is 12.5 Å². The smallest absolute Gasteiger partial charge is 0.213 e. The van der Waals surface area contributed by atoms with E-state index in [0.717, 1.165) is 13.0 Å². The van der Waals surface area contributed by atoms with Gasteiger partial charge in [-0.2, -0.15) is 0 Å². The summed E-state index contributed by atoms with van der Waals surface area (Å²) in [5.74, 6) is 0.452. The van der Waals surface area contributed by atoms with Crippen LogP contribution in [0.25, 0.3) is 0 Å². The van der Waals surface area contributed by atoms with Crippen molar-refractivity contribution in [1.82, 2.24) is 4.98 Å². The molecule has 0 unspecified atom stereocenters. The third kappa shape index (κ3) is 4.35. The van der Waals surface area contributed by atoms with E-state index in [1.165, 1.54) is 0 Å². The van der Waals surface area contributed by atoms with Crippen LogP contribution in [0.1, 0.15) is 19.0 Å². The number of hydrogen-bond donors (Lipinski definition) is 1.